The zero-order valence-electron chi connectivity index (χ0n) is 56.1. The second-order valence-corrected chi connectivity index (χ2v) is 26.3. The minimum atomic E-state index is -1.60. The lowest BCUT2D eigenvalue weighted by Gasteiger charge is -2.37. The number of amides is 7. The van der Waals surface area contributed by atoms with Gasteiger partial charge in [0.1, 0.15) is 54.6 Å². The van der Waals surface area contributed by atoms with Gasteiger partial charge in [0.25, 0.3) is 0 Å². The van der Waals surface area contributed by atoms with Crippen LogP contribution in [0.15, 0.2) is 182 Å². The average molecular weight is 1310 g/mol. The molecule has 7 amide bonds. The van der Waals surface area contributed by atoms with Gasteiger partial charge in [-0.15, -0.1) is 0 Å². The highest BCUT2D eigenvalue weighted by Gasteiger charge is 2.44. The minimum absolute atomic E-state index is 0.0326. The lowest BCUT2D eigenvalue weighted by atomic mass is 9.77. The third-order valence-corrected chi connectivity index (χ3v) is 16.8. The van der Waals surface area contributed by atoms with Crippen LogP contribution in [0, 0.1) is 23.7 Å². The summed E-state index contributed by atoms with van der Waals surface area (Å²) in [7, 11) is 0. The summed E-state index contributed by atoms with van der Waals surface area (Å²) in [6.07, 6.45) is -2.06. The van der Waals surface area contributed by atoms with E-state index in [-0.39, 0.29) is 44.8 Å². The number of aliphatic hydroxyl groups excluding tert-OH is 1. The largest absolute Gasteiger partial charge is 0.461 e. The monoisotopic (exact) mass is 1310 g/mol. The molecule has 0 aliphatic heterocycles. The molecule has 1 aliphatic rings. The zero-order valence-corrected chi connectivity index (χ0v) is 56.1. The van der Waals surface area contributed by atoms with Gasteiger partial charge in [0.2, 0.25) is 35.4 Å². The van der Waals surface area contributed by atoms with E-state index < -0.39 is 131 Å². The van der Waals surface area contributed by atoms with Gasteiger partial charge in [-0.2, -0.15) is 0 Å². The normalized spacial score (nSPS) is 16.0. The highest BCUT2D eigenvalue weighted by molar-refractivity contribution is 5.96. The van der Waals surface area contributed by atoms with E-state index in [1.54, 1.807) is 107 Å². The summed E-state index contributed by atoms with van der Waals surface area (Å²) in [6.45, 7) is 13.6. The van der Waals surface area contributed by atoms with Crippen molar-refractivity contribution in [2.75, 3.05) is 0 Å². The Bertz CT molecular complexity index is 3410. The molecule has 0 unspecified atom stereocenters. The first kappa shape index (κ1) is 73.7. The lowest BCUT2D eigenvalue weighted by Crippen LogP contribution is -2.60. The number of rotatable bonds is 32. The number of hydrogen-bond acceptors (Lipinski definition) is 13. The zero-order chi connectivity index (χ0) is 69.4. The van der Waals surface area contributed by atoms with Crippen molar-refractivity contribution in [3.63, 3.8) is 0 Å². The Balaban J connectivity index is 1.10. The Kier molecular flexibility index (Phi) is 27.4. The average Bonchev–Trinajstić information content (AvgIpc) is 0.849. The van der Waals surface area contributed by atoms with Crippen molar-refractivity contribution >= 4 is 53.5 Å². The maximum atomic E-state index is 15.2. The van der Waals surface area contributed by atoms with E-state index in [9.17, 15) is 38.7 Å². The van der Waals surface area contributed by atoms with Gasteiger partial charge < -0.3 is 56.5 Å². The van der Waals surface area contributed by atoms with E-state index in [1.165, 1.54) is 6.92 Å². The Morgan fingerprint density at radius 1 is 0.521 bits per heavy atom. The molecular weight excluding hydrogens is 1220 g/mol. The van der Waals surface area contributed by atoms with Crippen LogP contribution < -0.4 is 37.2 Å². The van der Waals surface area contributed by atoms with E-state index >= 15 is 9.59 Å². The van der Waals surface area contributed by atoms with Crippen LogP contribution in [0.4, 0.5) is 4.79 Å². The molecule has 0 spiro atoms. The van der Waals surface area contributed by atoms with Crippen LogP contribution in [0.5, 0.6) is 0 Å². The molecule has 96 heavy (non-hydrogen) atoms. The Morgan fingerprint density at radius 3 is 1.49 bits per heavy atom. The van der Waals surface area contributed by atoms with E-state index in [4.69, 9.17) is 14.2 Å². The summed E-state index contributed by atoms with van der Waals surface area (Å²) in [5, 5.41) is 32.5. The molecule has 7 rings (SSSR count). The van der Waals surface area contributed by atoms with Crippen molar-refractivity contribution in [1.82, 2.24) is 37.2 Å². The molecule has 6 aromatic carbocycles. The van der Waals surface area contributed by atoms with Gasteiger partial charge in [0.05, 0.1) is 18.6 Å². The topological polar surface area (TPSA) is 286 Å². The number of ether oxygens (including phenoxy) is 3. The molecule has 1 fully saturated rings. The third kappa shape index (κ3) is 21.9. The van der Waals surface area contributed by atoms with E-state index in [0.717, 1.165) is 11.1 Å². The number of aliphatic hydroxyl groups is 1. The van der Waals surface area contributed by atoms with Gasteiger partial charge in [-0.05, 0) is 105 Å². The molecule has 20 nitrogen and oxygen atoms in total. The molecule has 0 saturated heterocycles. The standard InChI is InChI=1S/C76H93N7O13/c1-49(2)44-61(79-71(90)62(80-72(91)66(50(3)4)82-74(93)96-75(6,7)8)46-64(84)83-76(55-34-21-12-22-35-55,56-36-23-13-24-37-56)57-38-25-14-26-39-57)67(86)58-40-27-41-59(58)69(88)77-51(5)68(87)78-60(42-43-65(85)94-47-53-30-17-10-18-31-53)70(89)81-63(45-52-28-15-9-16-29-52)73(92)95-48-54-32-19-11-20-33-54/h9-26,28-39,49-51,58-63,66-67,86H,27,40-48H2,1-8H3,(H,77,88)(H,78,87)(H,79,90)(H,80,91)(H,81,89)(H,82,93)(H,83,84)/t51-,58+,59+,60-,61-,62-,63-,66-,67-/m0/s1. The SMILES string of the molecule is CC(C)C[C@H](NC(=O)[C@H](CC(=O)NC(c1ccccc1)(c1ccccc1)c1ccccc1)NC(=O)[C@@H](NC(=O)OC(C)(C)C)C(C)C)[C@@H](O)[C@@H]1CCC[C@H]1C(=O)N[C@@H](C)C(=O)N[C@@H](CCC(=O)OCc1ccccc1)C(=O)N[C@@H](Cc1ccccc1)C(=O)OCc1ccccc1. The summed E-state index contributed by atoms with van der Waals surface area (Å²) in [6, 6.07) is 47.3. The Labute approximate surface area is 563 Å². The second-order valence-electron chi connectivity index (χ2n) is 26.3. The molecule has 8 N–H and O–H groups in total. The fourth-order valence-electron chi connectivity index (χ4n) is 11.9. The molecule has 1 aliphatic carbocycles. The number of carbonyl (C=O) groups is 9. The minimum Gasteiger partial charge on any atom is -0.461 e. The van der Waals surface area contributed by atoms with Crippen LogP contribution in [0.25, 0.3) is 0 Å². The number of hydrogen-bond donors (Lipinski definition) is 8. The summed E-state index contributed by atoms with van der Waals surface area (Å²) in [5.74, 6) is -8.13. The van der Waals surface area contributed by atoms with Crippen molar-refractivity contribution in [1.29, 1.82) is 0 Å². The highest BCUT2D eigenvalue weighted by atomic mass is 16.6. The number of carbonyl (C=O) groups excluding carboxylic acids is 9. The van der Waals surface area contributed by atoms with Crippen LogP contribution >= 0.6 is 0 Å². The summed E-state index contributed by atoms with van der Waals surface area (Å²) >= 11 is 0. The molecule has 6 aromatic rings. The van der Waals surface area contributed by atoms with E-state index in [1.807, 2.05) is 123 Å². The molecule has 0 heterocycles. The smallest absolute Gasteiger partial charge is 0.408 e. The maximum absolute atomic E-state index is 15.2. The number of benzene rings is 6. The predicted octanol–water partition coefficient (Wildman–Crippen LogP) is 8.81. The van der Waals surface area contributed by atoms with Crippen LogP contribution in [-0.2, 0) is 77.7 Å². The fraction of sp³-hybridized carbons (Fsp3) is 0.408. The molecule has 1 saturated carbocycles. The Morgan fingerprint density at radius 2 is 0.990 bits per heavy atom. The highest BCUT2D eigenvalue weighted by Crippen LogP contribution is 2.38. The van der Waals surface area contributed by atoms with Crippen molar-refractivity contribution < 1.29 is 62.5 Å². The molecule has 0 aromatic heterocycles. The first-order chi connectivity index (χ1) is 45.9. The van der Waals surface area contributed by atoms with Crippen molar-refractivity contribution in [3.8, 4) is 0 Å². The quantitative estimate of drug-likeness (QED) is 0.0111. The summed E-state index contributed by atoms with van der Waals surface area (Å²) < 4.78 is 16.7. The van der Waals surface area contributed by atoms with Crippen LogP contribution in [0.1, 0.15) is 134 Å². The van der Waals surface area contributed by atoms with Gasteiger partial charge in [0, 0.05) is 18.8 Å². The van der Waals surface area contributed by atoms with E-state index in [0.29, 0.717) is 41.5 Å². The molecule has 20 heteroatoms. The van der Waals surface area contributed by atoms with Gasteiger partial charge >= 0.3 is 18.0 Å². The van der Waals surface area contributed by atoms with Gasteiger partial charge in [0.15, 0.2) is 0 Å². The van der Waals surface area contributed by atoms with Crippen LogP contribution in [0.3, 0.4) is 0 Å². The second kappa shape index (κ2) is 35.7. The third-order valence-electron chi connectivity index (χ3n) is 16.8. The van der Waals surface area contributed by atoms with Crippen LogP contribution in [-0.4, -0.2) is 107 Å². The first-order valence-corrected chi connectivity index (χ1v) is 33.0. The lowest BCUT2D eigenvalue weighted by molar-refractivity contribution is -0.150. The Hall–Kier alpha value is -9.69. The van der Waals surface area contributed by atoms with Gasteiger partial charge in [-0.1, -0.05) is 216 Å². The first-order valence-electron chi connectivity index (χ1n) is 33.0. The molecule has 0 bridgehead atoms. The number of esters is 2. The van der Waals surface area contributed by atoms with Crippen molar-refractivity contribution in [3.05, 3.63) is 215 Å². The number of nitrogens with one attached hydrogen (secondary N) is 7. The molecule has 510 valence electrons. The van der Waals surface area contributed by atoms with E-state index in [2.05, 4.69) is 37.2 Å². The van der Waals surface area contributed by atoms with Crippen molar-refractivity contribution in [2.45, 2.75) is 173 Å². The summed E-state index contributed by atoms with van der Waals surface area (Å²) in [5.41, 5.74) is 2.07. The molecule has 0 radical (unpaired) electrons. The van der Waals surface area contributed by atoms with Gasteiger partial charge in [-0.3, -0.25) is 33.6 Å². The molecule has 9 atom stereocenters. The summed E-state index contributed by atoms with van der Waals surface area (Å²) in [4.78, 5) is 128. The molecular formula is C76H93N7O13. The van der Waals surface area contributed by atoms with Crippen molar-refractivity contribution in [2.24, 2.45) is 23.7 Å². The van der Waals surface area contributed by atoms with Crippen LogP contribution in [0.2, 0.25) is 0 Å². The predicted molar refractivity (Wildman–Crippen MR) is 363 cm³/mol. The van der Waals surface area contributed by atoms with Gasteiger partial charge in [-0.25, -0.2) is 9.59 Å². The number of alkyl carbamates (subject to hydrolysis) is 1. The maximum Gasteiger partial charge on any atom is 0.408 e. The fourth-order valence-corrected chi connectivity index (χ4v) is 11.9.